The standard InChI is InChI=1S/C26H25NO3/c28-24-16-3-1-2-14-22(24)26(30)21-13-6-7-15-23(21)27(25(26)29)17-19-11-8-10-18-9-4-5-12-20(18)19/h4-13,15,22,30H,1-3,14,16-17H2. The lowest BCUT2D eigenvalue weighted by atomic mass is 9.77. The van der Waals surface area contributed by atoms with Crippen LogP contribution in [-0.2, 0) is 21.7 Å². The van der Waals surface area contributed by atoms with Gasteiger partial charge < -0.3 is 10.0 Å². The summed E-state index contributed by atoms with van der Waals surface area (Å²) in [6.45, 7) is 0.362. The zero-order chi connectivity index (χ0) is 20.7. The summed E-state index contributed by atoms with van der Waals surface area (Å²) in [4.78, 5) is 28.2. The van der Waals surface area contributed by atoms with Crippen LogP contribution in [0.3, 0.4) is 0 Å². The number of hydrogen-bond acceptors (Lipinski definition) is 3. The fraction of sp³-hybridized carbons (Fsp3) is 0.308. The molecule has 3 aromatic carbocycles. The van der Waals surface area contributed by atoms with Crippen molar-refractivity contribution in [3.8, 4) is 0 Å². The van der Waals surface area contributed by atoms with Crippen molar-refractivity contribution in [2.45, 2.75) is 44.2 Å². The summed E-state index contributed by atoms with van der Waals surface area (Å²) in [5, 5.41) is 14.0. The fourth-order valence-electron chi connectivity index (χ4n) is 5.16. The van der Waals surface area contributed by atoms with Gasteiger partial charge in [-0.15, -0.1) is 0 Å². The van der Waals surface area contributed by atoms with Crippen LogP contribution in [0.4, 0.5) is 5.69 Å². The quantitative estimate of drug-likeness (QED) is 0.648. The van der Waals surface area contributed by atoms with E-state index in [9.17, 15) is 14.7 Å². The highest BCUT2D eigenvalue weighted by molar-refractivity contribution is 6.09. The number of ketones is 1. The van der Waals surface area contributed by atoms with Gasteiger partial charge in [0.2, 0.25) is 0 Å². The molecule has 30 heavy (non-hydrogen) atoms. The van der Waals surface area contributed by atoms with E-state index in [4.69, 9.17) is 0 Å². The largest absolute Gasteiger partial charge is 0.375 e. The molecule has 0 bridgehead atoms. The highest BCUT2D eigenvalue weighted by Gasteiger charge is 2.56. The molecule has 0 radical (unpaired) electrons. The van der Waals surface area contributed by atoms with Crippen molar-refractivity contribution in [1.29, 1.82) is 0 Å². The summed E-state index contributed by atoms with van der Waals surface area (Å²) in [5.74, 6) is -1.05. The van der Waals surface area contributed by atoms with Crippen LogP contribution < -0.4 is 4.90 Å². The van der Waals surface area contributed by atoms with Crippen LogP contribution in [0.1, 0.15) is 43.2 Å². The molecule has 5 rings (SSSR count). The third-order valence-corrected chi connectivity index (χ3v) is 6.69. The molecule has 4 nitrogen and oxygen atoms in total. The Morgan fingerprint density at radius 2 is 1.67 bits per heavy atom. The van der Waals surface area contributed by atoms with E-state index in [0.717, 1.165) is 35.6 Å². The maximum atomic E-state index is 13.7. The number of carbonyl (C=O) groups is 2. The Morgan fingerprint density at radius 1 is 0.900 bits per heavy atom. The molecule has 3 aromatic rings. The van der Waals surface area contributed by atoms with Gasteiger partial charge in [-0.05, 0) is 35.2 Å². The number of para-hydroxylation sites is 1. The van der Waals surface area contributed by atoms with Crippen LogP contribution in [0.5, 0.6) is 0 Å². The molecule has 1 amide bonds. The van der Waals surface area contributed by atoms with E-state index in [0.29, 0.717) is 30.6 Å². The third-order valence-electron chi connectivity index (χ3n) is 6.69. The van der Waals surface area contributed by atoms with E-state index in [1.165, 1.54) is 0 Å². The first kappa shape index (κ1) is 19.0. The summed E-state index contributed by atoms with van der Waals surface area (Å²) in [7, 11) is 0. The third kappa shape index (κ3) is 2.86. The lowest BCUT2D eigenvalue weighted by Crippen LogP contribution is -2.48. The second-order valence-corrected chi connectivity index (χ2v) is 8.43. The smallest absolute Gasteiger partial charge is 0.264 e. The fourth-order valence-corrected chi connectivity index (χ4v) is 5.16. The molecule has 0 spiro atoms. The monoisotopic (exact) mass is 399 g/mol. The lowest BCUT2D eigenvalue weighted by Gasteiger charge is -2.30. The molecule has 2 aliphatic rings. The average molecular weight is 399 g/mol. The number of fused-ring (bicyclic) bond motifs is 2. The van der Waals surface area contributed by atoms with Crippen molar-refractivity contribution >= 4 is 28.2 Å². The van der Waals surface area contributed by atoms with E-state index in [2.05, 4.69) is 18.2 Å². The predicted octanol–water partition coefficient (Wildman–Crippen LogP) is 4.72. The van der Waals surface area contributed by atoms with E-state index < -0.39 is 11.5 Å². The van der Waals surface area contributed by atoms with E-state index >= 15 is 0 Å². The second kappa shape index (κ2) is 7.37. The van der Waals surface area contributed by atoms with E-state index in [1.807, 2.05) is 42.5 Å². The molecule has 1 aliphatic carbocycles. The van der Waals surface area contributed by atoms with Crippen molar-refractivity contribution in [3.05, 3.63) is 77.9 Å². The number of rotatable bonds is 3. The second-order valence-electron chi connectivity index (χ2n) is 8.43. The van der Waals surface area contributed by atoms with Crippen LogP contribution in [0.15, 0.2) is 66.7 Å². The maximum absolute atomic E-state index is 13.7. The van der Waals surface area contributed by atoms with Gasteiger partial charge in [-0.3, -0.25) is 9.59 Å². The van der Waals surface area contributed by atoms with Gasteiger partial charge >= 0.3 is 0 Å². The van der Waals surface area contributed by atoms with E-state index in [-0.39, 0.29) is 11.7 Å². The molecule has 1 aliphatic heterocycles. The summed E-state index contributed by atoms with van der Waals surface area (Å²) in [5.41, 5.74) is 0.515. The zero-order valence-corrected chi connectivity index (χ0v) is 16.9. The first-order valence-electron chi connectivity index (χ1n) is 10.7. The SMILES string of the molecule is O=C1CCCCCC1C1(O)C(=O)N(Cc2cccc3ccccc23)c2ccccc21. The Bertz CT molecular complexity index is 1130. The molecular weight excluding hydrogens is 374 g/mol. The minimum Gasteiger partial charge on any atom is -0.375 e. The van der Waals surface area contributed by atoms with Crippen LogP contribution in [-0.4, -0.2) is 16.8 Å². The number of carbonyl (C=O) groups excluding carboxylic acids is 2. The molecule has 4 heteroatoms. The van der Waals surface area contributed by atoms with E-state index in [1.54, 1.807) is 11.0 Å². The first-order chi connectivity index (χ1) is 14.6. The zero-order valence-electron chi connectivity index (χ0n) is 16.9. The molecule has 0 aromatic heterocycles. The predicted molar refractivity (Wildman–Crippen MR) is 117 cm³/mol. The topological polar surface area (TPSA) is 57.6 Å². The van der Waals surface area contributed by atoms with Crippen molar-refractivity contribution in [1.82, 2.24) is 0 Å². The summed E-state index contributed by atoms with van der Waals surface area (Å²) >= 11 is 0. The first-order valence-corrected chi connectivity index (χ1v) is 10.7. The van der Waals surface area contributed by atoms with Gasteiger partial charge in [0.1, 0.15) is 5.78 Å². The molecule has 2 atom stereocenters. The van der Waals surface area contributed by atoms with Gasteiger partial charge in [-0.1, -0.05) is 73.5 Å². The summed E-state index contributed by atoms with van der Waals surface area (Å²) in [6.07, 6.45) is 3.65. The molecular formula is C26H25NO3. The number of benzene rings is 3. The molecule has 1 saturated carbocycles. The Morgan fingerprint density at radius 3 is 2.57 bits per heavy atom. The van der Waals surface area contributed by atoms with Crippen LogP contribution >= 0.6 is 0 Å². The van der Waals surface area contributed by atoms with Gasteiger partial charge in [-0.25, -0.2) is 0 Å². The number of anilines is 1. The van der Waals surface area contributed by atoms with Crippen molar-refractivity contribution < 1.29 is 14.7 Å². The average Bonchev–Trinajstić information content (AvgIpc) is 2.91. The Balaban J connectivity index is 1.59. The normalized spacial score (nSPS) is 24.2. The summed E-state index contributed by atoms with van der Waals surface area (Å²) in [6, 6.07) is 21.5. The minimum absolute atomic E-state index is 0.00478. The lowest BCUT2D eigenvalue weighted by molar-refractivity contribution is -0.150. The van der Waals surface area contributed by atoms with Crippen molar-refractivity contribution in [3.63, 3.8) is 0 Å². The Kier molecular flexibility index (Phi) is 4.67. The van der Waals surface area contributed by atoms with Gasteiger partial charge in [-0.2, -0.15) is 0 Å². The maximum Gasteiger partial charge on any atom is 0.264 e. The molecule has 0 saturated heterocycles. The van der Waals surface area contributed by atoms with Crippen LogP contribution in [0.2, 0.25) is 0 Å². The van der Waals surface area contributed by atoms with Gasteiger partial charge in [0.15, 0.2) is 5.60 Å². The number of nitrogens with zero attached hydrogens (tertiary/aromatic N) is 1. The van der Waals surface area contributed by atoms with Crippen molar-refractivity contribution in [2.24, 2.45) is 5.92 Å². The van der Waals surface area contributed by atoms with Gasteiger partial charge in [0, 0.05) is 12.0 Å². The van der Waals surface area contributed by atoms with Crippen LogP contribution in [0.25, 0.3) is 10.8 Å². The number of hydrogen-bond donors (Lipinski definition) is 1. The number of aliphatic hydroxyl groups is 1. The minimum atomic E-state index is -1.78. The molecule has 1 fully saturated rings. The summed E-state index contributed by atoms with van der Waals surface area (Å²) < 4.78 is 0. The highest BCUT2D eigenvalue weighted by atomic mass is 16.3. The van der Waals surface area contributed by atoms with Crippen molar-refractivity contribution in [2.75, 3.05) is 4.90 Å². The molecule has 1 heterocycles. The Hall–Kier alpha value is -2.98. The van der Waals surface area contributed by atoms with Crippen LogP contribution in [0, 0.1) is 5.92 Å². The highest BCUT2D eigenvalue weighted by Crippen LogP contribution is 2.48. The molecule has 2 unspecified atom stereocenters. The van der Waals surface area contributed by atoms with Gasteiger partial charge in [0.05, 0.1) is 18.2 Å². The number of amides is 1. The molecule has 152 valence electrons. The molecule has 1 N–H and O–H groups in total. The Labute approximate surface area is 176 Å². The van der Waals surface area contributed by atoms with Gasteiger partial charge in [0.25, 0.3) is 5.91 Å². The number of Topliss-reactive ketones (excluding diaryl/α,β-unsaturated/α-hetero) is 1.